The zero-order valence-electron chi connectivity index (χ0n) is 16.0. The summed E-state index contributed by atoms with van der Waals surface area (Å²) in [5.74, 6) is 2.24. The van der Waals surface area contributed by atoms with Crippen molar-refractivity contribution in [2.24, 2.45) is 23.5 Å². The third-order valence-electron chi connectivity index (χ3n) is 6.21. The summed E-state index contributed by atoms with van der Waals surface area (Å²) in [4.78, 5) is 29.0. The van der Waals surface area contributed by atoms with Crippen LogP contribution in [0.3, 0.4) is 0 Å². The summed E-state index contributed by atoms with van der Waals surface area (Å²) >= 11 is 0. The smallest absolute Gasteiger partial charge is 0.239 e. The molecule has 0 spiro atoms. The minimum absolute atomic E-state index is 0. The van der Waals surface area contributed by atoms with Crippen molar-refractivity contribution >= 4 is 42.4 Å². The number of halogens is 2. The van der Waals surface area contributed by atoms with Gasteiger partial charge in [0.25, 0.3) is 0 Å². The quantitative estimate of drug-likeness (QED) is 0.740. The maximum atomic E-state index is 12.9. The lowest BCUT2D eigenvalue weighted by molar-refractivity contribution is -0.139. The van der Waals surface area contributed by atoms with E-state index in [0.29, 0.717) is 56.1 Å². The van der Waals surface area contributed by atoms with Crippen LogP contribution in [0.1, 0.15) is 25.0 Å². The van der Waals surface area contributed by atoms with Crippen molar-refractivity contribution < 1.29 is 14.1 Å². The highest BCUT2D eigenvalue weighted by Crippen LogP contribution is 2.48. The van der Waals surface area contributed by atoms with E-state index in [1.54, 1.807) is 13.0 Å². The monoisotopic (exact) mass is 433 g/mol. The van der Waals surface area contributed by atoms with Gasteiger partial charge in [-0.3, -0.25) is 14.5 Å². The molecule has 8 nitrogen and oxygen atoms in total. The molecule has 4 unspecified atom stereocenters. The first kappa shape index (κ1) is 22.9. The van der Waals surface area contributed by atoms with Gasteiger partial charge in [-0.1, -0.05) is 5.16 Å². The molecule has 1 aromatic heterocycles. The van der Waals surface area contributed by atoms with E-state index in [9.17, 15) is 9.59 Å². The van der Waals surface area contributed by atoms with E-state index in [1.165, 1.54) is 6.42 Å². The van der Waals surface area contributed by atoms with Crippen molar-refractivity contribution in [1.29, 1.82) is 0 Å². The Morgan fingerprint density at radius 3 is 2.46 bits per heavy atom. The molecule has 2 saturated carbocycles. The Morgan fingerprint density at radius 1 is 1.21 bits per heavy atom. The van der Waals surface area contributed by atoms with Gasteiger partial charge < -0.3 is 20.5 Å². The van der Waals surface area contributed by atoms with Gasteiger partial charge in [0, 0.05) is 38.3 Å². The average molecular weight is 434 g/mol. The number of rotatable bonds is 4. The number of nitrogens with one attached hydrogen (secondary N) is 1. The van der Waals surface area contributed by atoms with Gasteiger partial charge >= 0.3 is 0 Å². The molecular weight excluding hydrogens is 405 g/mol. The van der Waals surface area contributed by atoms with Gasteiger partial charge in [-0.05, 0) is 38.0 Å². The average Bonchev–Trinajstić information content (AvgIpc) is 3.31. The van der Waals surface area contributed by atoms with Gasteiger partial charge in [-0.15, -0.1) is 24.8 Å². The van der Waals surface area contributed by atoms with Crippen molar-refractivity contribution in [3.05, 3.63) is 11.8 Å². The van der Waals surface area contributed by atoms with E-state index in [1.807, 2.05) is 4.90 Å². The number of hydrogen-bond acceptors (Lipinski definition) is 6. The normalized spacial score (nSPS) is 29.1. The first-order valence-corrected chi connectivity index (χ1v) is 9.51. The number of aryl methyl sites for hydroxylation is 1. The Kier molecular flexibility index (Phi) is 7.73. The van der Waals surface area contributed by atoms with Gasteiger partial charge in [0.2, 0.25) is 11.8 Å². The second-order valence-corrected chi connectivity index (χ2v) is 7.91. The molecule has 10 heteroatoms. The second kappa shape index (κ2) is 9.43. The van der Waals surface area contributed by atoms with Crippen LogP contribution in [0.4, 0.5) is 5.82 Å². The summed E-state index contributed by atoms with van der Waals surface area (Å²) in [5.41, 5.74) is 6.32. The van der Waals surface area contributed by atoms with Crippen LogP contribution in [-0.2, 0) is 9.59 Å². The van der Waals surface area contributed by atoms with Crippen LogP contribution in [0, 0.1) is 24.7 Å². The Labute approximate surface area is 177 Å². The van der Waals surface area contributed by atoms with Gasteiger partial charge in [-0.2, -0.15) is 0 Å². The summed E-state index contributed by atoms with van der Waals surface area (Å²) in [6.45, 7) is 4.80. The second-order valence-electron chi connectivity index (χ2n) is 7.91. The van der Waals surface area contributed by atoms with E-state index in [0.717, 1.165) is 12.8 Å². The molecule has 1 aliphatic heterocycles. The largest absolute Gasteiger partial charge is 0.360 e. The van der Waals surface area contributed by atoms with E-state index in [-0.39, 0.29) is 48.6 Å². The van der Waals surface area contributed by atoms with Crippen LogP contribution in [0.5, 0.6) is 0 Å². The summed E-state index contributed by atoms with van der Waals surface area (Å²) in [5, 5.41) is 6.49. The molecule has 28 heavy (non-hydrogen) atoms. The Hall–Kier alpha value is -1.35. The molecule has 2 amide bonds. The topological polar surface area (TPSA) is 105 Å². The minimum Gasteiger partial charge on any atom is -0.360 e. The van der Waals surface area contributed by atoms with Gasteiger partial charge in [0.15, 0.2) is 5.82 Å². The number of fused-ring (bicyclic) bond motifs is 2. The van der Waals surface area contributed by atoms with Crippen LogP contribution in [0.2, 0.25) is 0 Å². The number of nitrogens with two attached hydrogens (primary N) is 1. The number of carbonyl (C=O) groups excluding carboxylic acids is 2. The van der Waals surface area contributed by atoms with Crippen LogP contribution in [0.15, 0.2) is 10.6 Å². The predicted molar refractivity (Wildman–Crippen MR) is 110 cm³/mol. The summed E-state index contributed by atoms with van der Waals surface area (Å²) < 4.78 is 4.94. The fourth-order valence-electron chi connectivity index (χ4n) is 4.85. The Bertz CT molecular complexity index is 691. The standard InChI is InChI=1S/C18H27N5O3.2ClH/c1-11-8-14(21-26-11)20-15(24)10-22-4-6-23(7-5-22)18(25)16-12-2-3-13(9-12)17(16)19;;/h8,12-13,16-17H,2-7,9-10,19H2,1H3,(H,20,21,24);2*1H. The molecule has 3 aliphatic rings. The van der Waals surface area contributed by atoms with Gasteiger partial charge in [0.05, 0.1) is 12.5 Å². The number of piperazine rings is 1. The lowest BCUT2D eigenvalue weighted by Gasteiger charge is -2.38. The van der Waals surface area contributed by atoms with Crippen molar-refractivity contribution in [3.8, 4) is 0 Å². The highest BCUT2D eigenvalue weighted by Gasteiger charge is 2.50. The zero-order valence-corrected chi connectivity index (χ0v) is 17.6. The number of aromatic nitrogens is 1. The third kappa shape index (κ3) is 4.62. The minimum atomic E-state index is -0.117. The number of amides is 2. The maximum Gasteiger partial charge on any atom is 0.239 e. The molecule has 0 aromatic carbocycles. The molecule has 3 fully saturated rings. The molecule has 158 valence electrons. The zero-order chi connectivity index (χ0) is 18.3. The molecule has 0 radical (unpaired) electrons. The predicted octanol–water partition coefficient (Wildman–Crippen LogP) is 1.28. The van der Waals surface area contributed by atoms with E-state index >= 15 is 0 Å². The van der Waals surface area contributed by atoms with Crippen molar-refractivity contribution in [3.63, 3.8) is 0 Å². The number of carbonyl (C=O) groups is 2. The SMILES string of the molecule is Cc1cc(NC(=O)CN2CCN(C(=O)C3C4CCC(C4)C3N)CC2)no1.Cl.Cl. The first-order chi connectivity index (χ1) is 12.5. The molecule has 4 rings (SSSR count). The lowest BCUT2D eigenvalue weighted by Crippen LogP contribution is -2.54. The van der Waals surface area contributed by atoms with Crippen LogP contribution >= 0.6 is 24.8 Å². The maximum absolute atomic E-state index is 12.9. The van der Waals surface area contributed by atoms with E-state index in [4.69, 9.17) is 10.3 Å². The summed E-state index contributed by atoms with van der Waals surface area (Å²) in [6, 6.07) is 1.73. The van der Waals surface area contributed by atoms with Crippen LogP contribution in [-0.4, -0.2) is 65.5 Å². The fraction of sp³-hybridized carbons (Fsp3) is 0.722. The number of nitrogens with zero attached hydrogens (tertiary/aromatic N) is 3. The highest BCUT2D eigenvalue weighted by molar-refractivity contribution is 5.91. The van der Waals surface area contributed by atoms with E-state index in [2.05, 4.69) is 15.4 Å². The Balaban J connectivity index is 0.00000140. The Morgan fingerprint density at radius 2 is 1.89 bits per heavy atom. The lowest BCUT2D eigenvalue weighted by atomic mass is 9.84. The first-order valence-electron chi connectivity index (χ1n) is 9.51. The number of hydrogen-bond donors (Lipinski definition) is 2. The molecular formula is C18H29Cl2N5O3. The molecule has 1 saturated heterocycles. The molecule has 2 bridgehead atoms. The number of anilines is 1. The molecule has 2 aliphatic carbocycles. The molecule has 1 aromatic rings. The summed E-state index contributed by atoms with van der Waals surface area (Å²) in [6.07, 6.45) is 3.46. The third-order valence-corrected chi connectivity index (χ3v) is 6.21. The van der Waals surface area contributed by atoms with Gasteiger partial charge in [-0.25, -0.2) is 0 Å². The van der Waals surface area contributed by atoms with Crippen LogP contribution < -0.4 is 11.1 Å². The van der Waals surface area contributed by atoms with Crippen molar-refractivity contribution in [2.75, 3.05) is 38.0 Å². The molecule has 2 heterocycles. The molecule has 4 atom stereocenters. The van der Waals surface area contributed by atoms with Crippen LogP contribution in [0.25, 0.3) is 0 Å². The van der Waals surface area contributed by atoms with E-state index < -0.39 is 0 Å². The molecule has 3 N–H and O–H groups in total. The summed E-state index contributed by atoms with van der Waals surface area (Å²) in [7, 11) is 0. The van der Waals surface area contributed by atoms with Crippen molar-refractivity contribution in [1.82, 2.24) is 15.0 Å². The van der Waals surface area contributed by atoms with Crippen molar-refractivity contribution in [2.45, 2.75) is 32.2 Å². The fourth-order valence-corrected chi connectivity index (χ4v) is 4.85. The highest BCUT2D eigenvalue weighted by atomic mass is 35.5. The van der Waals surface area contributed by atoms with Gasteiger partial charge in [0.1, 0.15) is 5.76 Å².